The summed E-state index contributed by atoms with van der Waals surface area (Å²) in [6.45, 7) is 12.5. The topological polar surface area (TPSA) is 54.0 Å². The molecule has 3 rings (SSSR count). The van der Waals surface area contributed by atoms with Gasteiger partial charge in [0.05, 0.1) is 5.92 Å². The molecule has 1 aliphatic carbocycles. The number of carbonyl (C=O) groups excluding carboxylic acids is 1. The van der Waals surface area contributed by atoms with Crippen molar-refractivity contribution in [2.45, 2.75) is 85.9 Å². The molecular formula is C28H40FN3O. The highest BCUT2D eigenvalue weighted by Crippen LogP contribution is 2.34. The summed E-state index contributed by atoms with van der Waals surface area (Å²) in [6.07, 6.45) is 16.5. The average Bonchev–Trinajstić information content (AvgIpc) is 3.55. The van der Waals surface area contributed by atoms with Gasteiger partial charge in [-0.25, -0.2) is 9.37 Å². The number of amides is 1. The Morgan fingerprint density at radius 2 is 2.03 bits per heavy atom. The van der Waals surface area contributed by atoms with Crippen LogP contribution in [0.5, 0.6) is 0 Å². The smallest absolute Gasteiger partial charge is 0.231 e. The Kier molecular flexibility index (Phi) is 10.6. The van der Waals surface area contributed by atoms with E-state index in [1.807, 2.05) is 26.8 Å². The number of unbranched alkanes of at least 4 members (excludes halogenated alkanes) is 1. The fraction of sp³-hybridized carbons (Fsp3) is 0.500. The lowest BCUT2D eigenvalue weighted by molar-refractivity contribution is -0.117. The molecular weight excluding hydrogens is 413 g/mol. The number of dihydropyridines is 1. The number of pyridine rings is 1. The van der Waals surface area contributed by atoms with Crippen molar-refractivity contribution in [1.82, 2.24) is 10.3 Å². The monoisotopic (exact) mass is 453 g/mol. The van der Waals surface area contributed by atoms with Gasteiger partial charge >= 0.3 is 0 Å². The molecule has 180 valence electrons. The van der Waals surface area contributed by atoms with E-state index in [0.717, 1.165) is 29.5 Å². The van der Waals surface area contributed by atoms with Crippen LogP contribution in [0.25, 0.3) is 6.08 Å². The second kappa shape index (κ2) is 13.1. The summed E-state index contributed by atoms with van der Waals surface area (Å²) in [5.41, 5.74) is 5.57. The lowest BCUT2D eigenvalue weighted by atomic mass is 9.92. The van der Waals surface area contributed by atoms with Gasteiger partial charge in [-0.3, -0.25) is 4.79 Å². The molecule has 1 aromatic rings. The van der Waals surface area contributed by atoms with E-state index < -0.39 is 12.1 Å². The van der Waals surface area contributed by atoms with Crippen LogP contribution in [0, 0.1) is 12.8 Å². The summed E-state index contributed by atoms with van der Waals surface area (Å²) in [7, 11) is 0. The fourth-order valence-electron chi connectivity index (χ4n) is 3.71. The molecule has 1 amide bonds. The summed E-state index contributed by atoms with van der Waals surface area (Å²) in [6, 6.07) is 2.24. The fourth-order valence-corrected chi connectivity index (χ4v) is 3.71. The molecule has 0 saturated heterocycles. The van der Waals surface area contributed by atoms with E-state index in [9.17, 15) is 9.18 Å². The number of halogens is 1. The minimum Gasteiger partial charge on any atom is -0.384 e. The normalized spacial score (nSPS) is 22.0. The Balaban J connectivity index is 0.00000187. The highest BCUT2D eigenvalue weighted by Gasteiger charge is 2.43. The summed E-state index contributed by atoms with van der Waals surface area (Å²) >= 11 is 0. The zero-order valence-corrected chi connectivity index (χ0v) is 21.0. The molecule has 1 aliphatic heterocycles. The Bertz CT molecular complexity index is 929. The number of aromatic nitrogens is 1. The van der Waals surface area contributed by atoms with Crippen molar-refractivity contribution in [2.24, 2.45) is 5.92 Å². The van der Waals surface area contributed by atoms with Gasteiger partial charge in [0, 0.05) is 24.0 Å². The number of hydrogen-bond acceptors (Lipinski definition) is 3. The lowest BCUT2D eigenvalue weighted by Crippen LogP contribution is -2.26. The molecule has 3 atom stereocenters. The molecule has 0 bridgehead atoms. The first-order valence-corrected chi connectivity index (χ1v) is 12.4. The van der Waals surface area contributed by atoms with E-state index in [-0.39, 0.29) is 5.91 Å². The molecule has 1 fully saturated rings. The Morgan fingerprint density at radius 1 is 1.30 bits per heavy atom. The van der Waals surface area contributed by atoms with Crippen molar-refractivity contribution < 1.29 is 9.18 Å². The standard InChI is InChI=1S/C26H34FN3O.C2H6/c1-5-7-9-19(23-16-28-21(10-8-6-2)11-18(23)4)13-20-15-29-25(12-17(20)3)30-26(31)22-14-24(22)27;1-2/h7,9,11-13,15-16,21-22,24,28H,5-6,8,10,14H2,1-4H3,(H,29,30,31);1-2H3/b9-7+,19-13+;. The quantitative estimate of drug-likeness (QED) is 0.394. The van der Waals surface area contributed by atoms with Crippen LogP contribution in [0.15, 0.2) is 53.4 Å². The average molecular weight is 454 g/mol. The minimum absolute atomic E-state index is 0.286. The molecule has 1 saturated carbocycles. The van der Waals surface area contributed by atoms with Gasteiger partial charge in [0.2, 0.25) is 5.91 Å². The van der Waals surface area contributed by atoms with Gasteiger partial charge in [0.1, 0.15) is 12.0 Å². The maximum atomic E-state index is 13.1. The maximum Gasteiger partial charge on any atom is 0.231 e. The molecule has 2 heterocycles. The van der Waals surface area contributed by atoms with Gasteiger partial charge in [-0.05, 0) is 67.5 Å². The number of carbonyl (C=O) groups is 1. The van der Waals surface area contributed by atoms with Crippen molar-refractivity contribution in [3.8, 4) is 0 Å². The Labute approximate surface area is 199 Å². The van der Waals surface area contributed by atoms with Gasteiger partial charge in [-0.15, -0.1) is 0 Å². The number of aryl methyl sites for hydroxylation is 1. The van der Waals surface area contributed by atoms with Crippen LogP contribution in [-0.4, -0.2) is 23.1 Å². The Hall–Kier alpha value is -2.69. The summed E-state index contributed by atoms with van der Waals surface area (Å²) in [5.74, 6) is -0.335. The highest BCUT2D eigenvalue weighted by molar-refractivity contribution is 5.94. The summed E-state index contributed by atoms with van der Waals surface area (Å²) in [5, 5.41) is 6.26. The first-order chi connectivity index (χ1) is 15.9. The molecule has 2 N–H and O–H groups in total. The predicted molar refractivity (Wildman–Crippen MR) is 138 cm³/mol. The second-order valence-corrected chi connectivity index (χ2v) is 8.51. The molecule has 2 aliphatic rings. The number of nitrogens with zero attached hydrogens (tertiary/aromatic N) is 1. The molecule has 5 heteroatoms. The van der Waals surface area contributed by atoms with E-state index in [0.29, 0.717) is 18.3 Å². The zero-order valence-electron chi connectivity index (χ0n) is 21.0. The van der Waals surface area contributed by atoms with Crippen molar-refractivity contribution in [2.75, 3.05) is 5.32 Å². The third kappa shape index (κ3) is 7.69. The van der Waals surface area contributed by atoms with Crippen molar-refractivity contribution in [3.05, 3.63) is 64.5 Å². The van der Waals surface area contributed by atoms with E-state index in [4.69, 9.17) is 0 Å². The van der Waals surface area contributed by atoms with Crippen molar-refractivity contribution in [1.29, 1.82) is 0 Å². The van der Waals surface area contributed by atoms with Crippen LogP contribution in [-0.2, 0) is 4.79 Å². The summed E-state index contributed by atoms with van der Waals surface area (Å²) in [4.78, 5) is 16.4. The molecule has 33 heavy (non-hydrogen) atoms. The molecule has 3 unspecified atom stereocenters. The number of alkyl halides is 1. The molecule has 0 radical (unpaired) electrons. The highest BCUT2D eigenvalue weighted by atomic mass is 19.1. The number of rotatable bonds is 9. The Morgan fingerprint density at radius 3 is 2.61 bits per heavy atom. The number of hydrogen-bond donors (Lipinski definition) is 2. The van der Waals surface area contributed by atoms with E-state index in [2.05, 4.69) is 66.9 Å². The first-order valence-electron chi connectivity index (χ1n) is 12.4. The van der Waals surface area contributed by atoms with Gasteiger partial charge in [0.25, 0.3) is 0 Å². The van der Waals surface area contributed by atoms with Gasteiger partial charge < -0.3 is 10.6 Å². The lowest BCUT2D eigenvalue weighted by Gasteiger charge is -2.23. The molecule has 0 aromatic carbocycles. The van der Waals surface area contributed by atoms with Crippen LogP contribution in [0.2, 0.25) is 0 Å². The first kappa shape index (κ1) is 26.6. The molecule has 0 spiro atoms. The third-order valence-corrected chi connectivity index (χ3v) is 5.79. The molecule has 1 aromatic heterocycles. The number of anilines is 1. The zero-order chi connectivity index (χ0) is 24.4. The minimum atomic E-state index is -1.01. The summed E-state index contributed by atoms with van der Waals surface area (Å²) < 4.78 is 13.1. The van der Waals surface area contributed by atoms with Crippen LogP contribution in [0.3, 0.4) is 0 Å². The maximum absolute atomic E-state index is 13.1. The van der Waals surface area contributed by atoms with Crippen LogP contribution < -0.4 is 10.6 Å². The SMILES string of the molecule is CC.CC/C=C/C(=C\c1cnc(NC(=O)C2CC2F)cc1C)C1=CNC(CCCC)C=C1C. The van der Waals surface area contributed by atoms with Crippen LogP contribution in [0.4, 0.5) is 10.2 Å². The second-order valence-electron chi connectivity index (χ2n) is 8.51. The van der Waals surface area contributed by atoms with E-state index in [1.165, 1.54) is 24.0 Å². The predicted octanol–water partition coefficient (Wildman–Crippen LogP) is 7.05. The van der Waals surface area contributed by atoms with Crippen molar-refractivity contribution in [3.63, 3.8) is 0 Å². The molecule has 4 nitrogen and oxygen atoms in total. The third-order valence-electron chi connectivity index (χ3n) is 5.79. The van der Waals surface area contributed by atoms with Gasteiger partial charge in [-0.2, -0.15) is 0 Å². The van der Waals surface area contributed by atoms with E-state index in [1.54, 1.807) is 6.20 Å². The van der Waals surface area contributed by atoms with E-state index >= 15 is 0 Å². The van der Waals surface area contributed by atoms with Gasteiger partial charge in [-0.1, -0.05) is 58.8 Å². The number of allylic oxidation sites excluding steroid dienone is 5. The van der Waals surface area contributed by atoms with Crippen LogP contribution >= 0.6 is 0 Å². The van der Waals surface area contributed by atoms with Crippen molar-refractivity contribution >= 4 is 17.8 Å². The van der Waals surface area contributed by atoms with Gasteiger partial charge in [0.15, 0.2) is 0 Å². The van der Waals surface area contributed by atoms with Crippen LogP contribution in [0.1, 0.15) is 77.8 Å². The number of nitrogens with one attached hydrogen (secondary N) is 2. The largest absolute Gasteiger partial charge is 0.384 e.